The number of carbonyl (C=O) groups is 1. The summed E-state index contributed by atoms with van der Waals surface area (Å²) in [5.74, 6) is -0.172. The van der Waals surface area contributed by atoms with E-state index in [2.05, 4.69) is 23.9 Å². The molecule has 1 unspecified atom stereocenters. The molecule has 1 aromatic rings. The van der Waals surface area contributed by atoms with Crippen molar-refractivity contribution in [1.29, 1.82) is 0 Å². The lowest BCUT2D eigenvalue weighted by Crippen LogP contribution is -2.52. The van der Waals surface area contributed by atoms with Crippen LogP contribution in [-0.2, 0) is 0 Å². The van der Waals surface area contributed by atoms with Crippen molar-refractivity contribution in [1.82, 2.24) is 14.8 Å². The van der Waals surface area contributed by atoms with Gasteiger partial charge in [-0.3, -0.25) is 9.78 Å². The zero-order chi connectivity index (χ0) is 12.4. The van der Waals surface area contributed by atoms with E-state index in [-0.39, 0.29) is 11.7 Å². The Morgan fingerprint density at radius 1 is 1.53 bits per heavy atom. The van der Waals surface area contributed by atoms with Crippen molar-refractivity contribution in [2.45, 2.75) is 13.0 Å². The van der Waals surface area contributed by atoms with Crippen LogP contribution in [0.3, 0.4) is 0 Å². The highest BCUT2D eigenvalue weighted by molar-refractivity contribution is 5.96. The van der Waals surface area contributed by atoms with Crippen molar-refractivity contribution < 1.29 is 9.90 Å². The molecule has 1 N–H and O–H groups in total. The van der Waals surface area contributed by atoms with E-state index in [4.69, 9.17) is 0 Å². The highest BCUT2D eigenvalue weighted by Crippen LogP contribution is 2.18. The number of aromatic nitrogens is 1. The first-order chi connectivity index (χ1) is 8.09. The van der Waals surface area contributed by atoms with Gasteiger partial charge in [-0.15, -0.1) is 0 Å². The molecule has 0 aliphatic carbocycles. The maximum Gasteiger partial charge on any atom is 0.257 e. The van der Waals surface area contributed by atoms with Gasteiger partial charge < -0.3 is 14.9 Å². The summed E-state index contributed by atoms with van der Waals surface area (Å²) in [5, 5.41) is 9.61. The third-order valence-electron chi connectivity index (χ3n) is 3.28. The van der Waals surface area contributed by atoms with Crippen LogP contribution in [0.5, 0.6) is 5.75 Å². The van der Waals surface area contributed by atoms with Crippen LogP contribution in [0, 0.1) is 0 Å². The summed E-state index contributed by atoms with van der Waals surface area (Å²) in [6, 6.07) is 1.90. The molecule has 0 spiro atoms. The lowest BCUT2D eigenvalue weighted by atomic mass is 10.1. The van der Waals surface area contributed by atoms with E-state index in [0.717, 1.165) is 6.54 Å². The molecular weight excluding hydrogens is 218 g/mol. The Labute approximate surface area is 101 Å². The molecule has 1 aromatic heterocycles. The van der Waals surface area contributed by atoms with Crippen LogP contribution < -0.4 is 0 Å². The van der Waals surface area contributed by atoms with Gasteiger partial charge in [0.1, 0.15) is 5.75 Å². The van der Waals surface area contributed by atoms with Crippen molar-refractivity contribution in [2.75, 3.05) is 26.7 Å². The van der Waals surface area contributed by atoms with Gasteiger partial charge in [-0.05, 0) is 20.0 Å². The minimum absolute atomic E-state index is 0.0518. The van der Waals surface area contributed by atoms with Gasteiger partial charge in [-0.25, -0.2) is 0 Å². The maximum absolute atomic E-state index is 12.2. The standard InChI is InChI=1S/C12H17N3O2/c1-9-8-15(6-5-14(9)2)12(17)10-3-4-13-7-11(10)16/h3-4,7,9,16H,5-6,8H2,1-2H3. The number of amides is 1. The molecule has 1 atom stereocenters. The molecule has 1 aliphatic heterocycles. The number of nitrogens with zero attached hydrogens (tertiary/aromatic N) is 3. The van der Waals surface area contributed by atoms with E-state index in [1.165, 1.54) is 12.4 Å². The van der Waals surface area contributed by atoms with Gasteiger partial charge in [0.05, 0.1) is 11.8 Å². The highest BCUT2D eigenvalue weighted by Gasteiger charge is 2.26. The van der Waals surface area contributed by atoms with Crippen molar-refractivity contribution in [3.63, 3.8) is 0 Å². The molecule has 5 nitrogen and oxygen atoms in total. The summed E-state index contributed by atoms with van der Waals surface area (Å²) in [4.78, 5) is 20.0. The van der Waals surface area contributed by atoms with Crippen LogP contribution in [0.2, 0.25) is 0 Å². The predicted octanol–water partition coefficient (Wildman–Crippen LogP) is 0.563. The Kier molecular flexibility index (Phi) is 3.28. The lowest BCUT2D eigenvalue weighted by molar-refractivity contribution is 0.0569. The smallest absolute Gasteiger partial charge is 0.257 e. The Morgan fingerprint density at radius 3 is 2.94 bits per heavy atom. The summed E-state index contributed by atoms with van der Waals surface area (Å²) in [7, 11) is 2.05. The second-order valence-electron chi connectivity index (χ2n) is 4.47. The number of carbonyl (C=O) groups excluding carboxylic acids is 1. The van der Waals surface area contributed by atoms with Crippen LogP contribution in [0.1, 0.15) is 17.3 Å². The summed E-state index contributed by atoms with van der Waals surface area (Å²) in [5.41, 5.74) is 0.330. The van der Waals surface area contributed by atoms with E-state index in [1.807, 2.05) is 0 Å². The third-order valence-corrected chi connectivity index (χ3v) is 3.28. The molecule has 0 saturated carbocycles. The molecule has 0 aromatic carbocycles. The lowest BCUT2D eigenvalue weighted by Gasteiger charge is -2.37. The number of likely N-dealkylation sites (N-methyl/N-ethyl adjacent to an activating group) is 1. The molecule has 5 heteroatoms. The number of hydrogen-bond acceptors (Lipinski definition) is 4. The average Bonchev–Trinajstić information content (AvgIpc) is 2.32. The van der Waals surface area contributed by atoms with Crippen molar-refractivity contribution >= 4 is 5.91 Å². The van der Waals surface area contributed by atoms with Crippen LogP contribution in [0.4, 0.5) is 0 Å². The zero-order valence-electron chi connectivity index (χ0n) is 10.1. The van der Waals surface area contributed by atoms with E-state index >= 15 is 0 Å². The topological polar surface area (TPSA) is 56.7 Å². The van der Waals surface area contributed by atoms with E-state index in [1.54, 1.807) is 11.0 Å². The van der Waals surface area contributed by atoms with Gasteiger partial charge in [-0.1, -0.05) is 0 Å². The Bertz CT molecular complexity index is 422. The fraction of sp³-hybridized carbons (Fsp3) is 0.500. The fourth-order valence-electron chi connectivity index (χ4n) is 1.97. The predicted molar refractivity (Wildman–Crippen MR) is 63.9 cm³/mol. The first kappa shape index (κ1) is 11.9. The van der Waals surface area contributed by atoms with Gasteiger partial charge in [0.15, 0.2) is 0 Å². The quantitative estimate of drug-likeness (QED) is 0.773. The number of piperazine rings is 1. The van der Waals surface area contributed by atoms with Gasteiger partial charge in [0, 0.05) is 31.9 Å². The molecule has 92 valence electrons. The summed E-state index contributed by atoms with van der Waals surface area (Å²) < 4.78 is 0. The van der Waals surface area contributed by atoms with Crippen LogP contribution in [0.15, 0.2) is 18.5 Å². The SMILES string of the molecule is CC1CN(C(=O)c2ccncc2O)CCN1C. The Balaban J connectivity index is 2.14. The Morgan fingerprint density at radius 2 is 2.29 bits per heavy atom. The number of hydrogen-bond donors (Lipinski definition) is 1. The molecule has 1 aliphatic rings. The van der Waals surface area contributed by atoms with Crippen LogP contribution in [0.25, 0.3) is 0 Å². The molecule has 2 heterocycles. The second kappa shape index (κ2) is 4.71. The molecule has 2 rings (SSSR count). The number of rotatable bonds is 1. The zero-order valence-corrected chi connectivity index (χ0v) is 10.1. The number of aromatic hydroxyl groups is 1. The minimum Gasteiger partial charge on any atom is -0.505 e. The van der Waals surface area contributed by atoms with Gasteiger partial charge in [-0.2, -0.15) is 0 Å². The average molecular weight is 235 g/mol. The highest BCUT2D eigenvalue weighted by atomic mass is 16.3. The molecule has 0 radical (unpaired) electrons. The Hall–Kier alpha value is -1.62. The van der Waals surface area contributed by atoms with Crippen LogP contribution in [-0.4, -0.2) is 58.5 Å². The van der Waals surface area contributed by atoms with Crippen molar-refractivity contribution in [3.8, 4) is 5.75 Å². The van der Waals surface area contributed by atoms with Crippen LogP contribution >= 0.6 is 0 Å². The van der Waals surface area contributed by atoms with Crippen molar-refractivity contribution in [3.05, 3.63) is 24.0 Å². The molecular formula is C12H17N3O2. The third kappa shape index (κ3) is 2.39. The molecule has 17 heavy (non-hydrogen) atoms. The molecule has 0 bridgehead atoms. The summed E-state index contributed by atoms with van der Waals surface area (Å²) in [6.07, 6.45) is 2.82. The van der Waals surface area contributed by atoms with E-state index in [0.29, 0.717) is 24.7 Å². The van der Waals surface area contributed by atoms with Crippen molar-refractivity contribution in [2.24, 2.45) is 0 Å². The van der Waals surface area contributed by atoms with E-state index < -0.39 is 0 Å². The largest absolute Gasteiger partial charge is 0.505 e. The monoisotopic (exact) mass is 235 g/mol. The molecule has 1 amide bonds. The molecule has 1 saturated heterocycles. The molecule has 1 fully saturated rings. The summed E-state index contributed by atoms with van der Waals surface area (Å²) in [6.45, 7) is 4.34. The maximum atomic E-state index is 12.2. The van der Waals surface area contributed by atoms with E-state index in [9.17, 15) is 9.90 Å². The normalized spacial score (nSPS) is 21.5. The fourth-order valence-corrected chi connectivity index (χ4v) is 1.97. The summed E-state index contributed by atoms with van der Waals surface area (Å²) >= 11 is 0. The first-order valence-electron chi connectivity index (χ1n) is 5.72. The second-order valence-corrected chi connectivity index (χ2v) is 4.47. The number of pyridine rings is 1. The first-order valence-corrected chi connectivity index (χ1v) is 5.72. The van der Waals surface area contributed by atoms with Gasteiger partial charge >= 0.3 is 0 Å². The van der Waals surface area contributed by atoms with Gasteiger partial charge in [0.25, 0.3) is 5.91 Å². The minimum atomic E-state index is -0.121. The van der Waals surface area contributed by atoms with Gasteiger partial charge in [0.2, 0.25) is 0 Å².